The second kappa shape index (κ2) is 2.31. The van der Waals surface area contributed by atoms with Gasteiger partial charge in [0.05, 0.1) is 6.33 Å². The van der Waals surface area contributed by atoms with Crippen molar-refractivity contribution in [2.75, 3.05) is 0 Å². The molecular formula is C6H5N3O. The van der Waals surface area contributed by atoms with Crippen molar-refractivity contribution in [1.29, 1.82) is 5.26 Å². The van der Waals surface area contributed by atoms with Crippen molar-refractivity contribution in [2.24, 2.45) is 7.05 Å². The molecule has 0 fully saturated rings. The SMILES string of the molecule is Cn1cnc(C#N)c1C=O. The average Bonchev–Trinajstić information content (AvgIpc) is 2.30. The summed E-state index contributed by atoms with van der Waals surface area (Å²) in [5, 5.41) is 8.38. The van der Waals surface area contributed by atoms with Crippen LogP contribution in [-0.4, -0.2) is 15.8 Å². The summed E-state index contributed by atoms with van der Waals surface area (Å²) in [7, 11) is 1.66. The summed E-state index contributed by atoms with van der Waals surface area (Å²) in [5.41, 5.74) is 0.500. The summed E-state index contributed by atoms with van der Waals surface area (Å²) in [6.07, 6.45) is 2.05. The van der Waals surface area contributed by atoms with Gasteiger partial charge in [0.25, 0.3) is 0 Å². The highest BCUT2D eigenvalue weighted by atomic mass is 16.1. The van der Waals surface area contributed by atoms with Crippen molar-refractivity contribution in [1.82, 2.24) is 9.55 Å². The standard InChI is InChI=1S/C6H5N3O/c1-9-4-8-5(2-7)6(9)3-10/h3-4H,1H3. The molecule has 0 saturated carbocycles. The Labute approximate surface area is 57.7 Å². The Morgan fingerprint density at radius 3 is 3.00 bits per heavy atom. The molecule has 0 unspecified atom stereocenters. The molecule has 0 aliphatic rings. The van der Waals surface area contributed by atoms with E-state index >= 15 is 0 Å². The molecule has 50 valence electrons. The third-order valence-electron chi connectivity index (χ3n) is 1.20. The zero-order valence-electron chi connectivity index (χ0n) is 5.40. The zero-order chi connectivity index (χ0) is 7.56. The molecule has 1 rings (SSSR count). The van der Waals surface area contributed by atoms with Gasteiger partial charge >= 0.3 is 0 Å². The minimum Gasteiger partial charge on any atom is -0.330 e. The number of nitriles is 1. The van der Waals surface area contributed by atoms with Crippen molar-refractivity contribution in [3.63, 3.8) is 0 Å². The molecule has 0 spiro atoms. The van der Waals surface area contributed by atoms with E-state index in [9.17, 15) is 4.79 Å². The monoisotopic (exact) mass is 135 g/mol. The zero-order valence-corrected chi connectivity index (χ0v) is 5.40. The van der Waals surface area contributed by atoms with E-state index in [0.717, 1.165) is 0 Å². The summed E-state index contributed by atoms with van der Waals surface area (Å²) in [4.78, 5) is 13.9. The molecule has 0 aliphatic heterocycles. The van der Waals surface area contributed by atoms with Crippen LogP contribution in [0.2, 0.25) is 0 Å². The van der Waals surface area contributed by atoms with E-state index in [2.05, 4.69) is 4.98 Å². The molecule has 0 bridgehead atoms. The molecule has 0 saturated heterocycles. The van der Waals surface area contributed by atoms with Crippen molar-refractivity contribution in [3.05, 3.63) is 17.7 Å². The quantitative estimate of drug-likeness (QED) is 0.513. The Kier molecular flexibility index (Phi) is 1.50. The molecule has 4 heteroatoms. The fraction of sp³-hybridized carbons (Fsp3) is 0.167. The number of aldehydes is 1. The first-order valence-electron chi connectivity index (χ1n) is 2.66. The minimum absolute atomic E-state index is 0.178. The summed E-state index contributed by atoms with van der Waals surface area (Å²) in [6, 6.07) is 1.80. The fourth-order valence-corrected chi connectivity index (χ4v) is 0.665. The minimum atomic E-state index is 0.178. The van der Waals surface area contributed by atoms with Crippen molar-refractivity contribution < 1.29 is 4.79 Å². The van der Waals surface area contributed by atoms with Gasteiger partial charge in [-0.1, -0.05) is 0 Å². The Morgan fingerprint density at radius 1 is 1.90 bits per heavy atom. The van der Waals surface area contributed by atoms with Gasteiger partial charge < -0.3 is 4.57 Å². The van der Waals surface area contributed by atoms with E-state index in [1.807, 2.05) is 0 Å². The molecule has 4 nitrogen and oxygen atoms in total. The summed E-state index contributed by atoms with van der Waals surface area (Å²) < 4.78 is 1.51. The van der Waals surface area contributed by atoms with Crippen LogP contribution in [-0.2, 0) is 7.05 Å². The van der Waals surface area contributed by atoms with Gasteiger partial charge in [0.2, 0.25) is 0 Å². The summed E-state index contributed by atoms with van der Waals surface area (Å²) in [5.74, 6) is 0. The third-order valence-corrected chi connectivity index (χ3v) is 1.20. The van der Waals surface area contributed by atoms with Crippen LogP contribution in [0.25, 0.3) is 0 Å². The number of aromatic nitrogens is 2. The molecule has 0 aromatic carbocycles. The van der Waals surface area contributed by atoms with E-state index < -0.39 is 0 Å². The molecule has 1 aromatic heterocycles. The Morgan fingerprint density at radius 2 is 2.60 bits per heavy atom. The van der Waals surface area contributed by atoms with E-state index in [0.29, 0.717) is 12.0 Å². The number of nitrogens with zero attached hydrogens (tertiary/aromatic N) is 3. The Hall–Kier alpha value is -1.63. The number of hydrogen-bond acceptors (Lipinski definition) is 3. The number of carbonyl (C=O) groups excluding carboxylic acids is 1. The molecule has 0 N–H and O–H groups in total. The van der Waals surface area contributed by atoms with E-state index in [4.69, 9.17) is 5.26 Å². The molecule has 0 radical (unpaired) electrons. The molecular weight excluding hydrogens is 130 g/mol. The first kappa shape index (κ1) is 6.49. The number of rotatable bonds is 1. The second-order valence-electron chi connectivity index (χ2n) is 1.82. The van der Waals surface area contributed by atoms with Crippen LogP contribution in [0.15, 0.2) is 6.33 Å². The number of carbonyl (C=O) groups is 1. The fourth-order valence-electron chi connectivity index (χ4n) is 0.665. The molecule has 0 atom stereocenters. The van der Waals surface area contributed by atoms with Gasteiger partial charge in [0, 0.05) is 7.05 Å². The average molecular weight is 135 g/mol. The predicted octanol–water partition coefficient (Wildman–Crippen LogP) is 0.104. The van der Waals surface area contributed by atoms with Gasteiger partial charge in [-0.15, -0.1) is 0 Å². The molecule has 1 aromatic rings. The van der Waals surface area contributed by atoms with Crippen LogP contribution in [0.3, 0.4) is 0 Å². The maximum Gasteiger partial charge on any atom is 0.169 e. The van der Waals surface area contributed by atoms with Gasteiger partial charge in [-0.3, -0.25) is 4.79 Å². The highest BCUT2D eigenvalue weighted by Gasteiger charge is 2.04. The molecule has 10 heavy (non-hydrogen) atoms. The van der Waals surface area contributed by atoms with Gasteiger partial charge in [-0.05, 0) is 0 Å². The van der Waals surface area contributed by atoms with Crippen LogP contribution in [0.4, 0.5) is 0 Å². The lowest BCUT2D eigenvalue weighted by Crippen LogP contribution is -1.93. The van der Waals surface area contributed by atoms with Crippen LogP contribution in [0.1, 0.15) is 16.2 Å². The molecule has 1 heterocycles. The lowest BCUT2D eigenvalue weighted by atomic mass is 10.4. The second-order valence-corrected chi connectivity index (χ2v) is 1.82. The smallest absolute Gasteiger partial charge is 0.169 e. The van der Waals surface area contributed by atoms with Gasteiger partial charge in [0.1, 0.15) is 11.8 Å². The van der Waals surface area contributed by atoms with Gasteiger partial charge in [0.15, 0.2) is 12.0 Å². The highest BCUT2D eigenvalue weighted by Crippen LogP contribution is 1.99. The number of imidazole rings is 1. The predicted molar refractivity (Wildman–Crippen MR) is 33.3 cm³/mol. The first-order valence-corrected chi connectivity index (χ1v) is 2.66. The lowest BCUT2D eigenvalue weighted by Gasteiger charge is -1.88. The largest absolute Gasteiger partial charge is 0.330 e. The lowest BCUT2D eigenvalue weighted by molar-refractivity contribution is 0.111. The third kappa shape index (κ3) is 0.778. The van der Waals surface area contributed by atoms with Crippen LogP contribution in [0.5, 0.6) is 0 Å². The summed E-state index contributed by atoms with van der Waals surface area (Å²) >= 11 is 0. The Bertz CT molecular complexity index is 294. The number of hydrogen-bond donors (Lipinski definition) is 0. The van der Waals surface area contributed by atoms with E-state index in [-0.39, 0.29) is 5.69 Å². The van der Waals surface area contributed by atoms with Gasteiger partial charge in [-0.25, -0.2) is 4.98 Å². The van der Waals surface area contributed by atoms with Crippen LogP contribution >= 0.6 is 0 Å². The van der Waals surface area contributed by atoms with Crippen molar-refractivity contribution in [3.8, 4) is 6.07 Å². The van der Waals surface area contributed by atoms with Crippen LogP contribution in [0, 0.1) is 11.3 Å². The summed E-state index contributed by atoms with van der Waals surface area (Å²) in [6.45, 7) is 0. The van der Waals surface area contributed by atoms with E-state index in [1.54, 1.807) is 13.1 Å². The topological polar surface area (TPSA) is 58.7 Å². The van der Waals surface area contributed by atoms with E-state index in [1.165, 1.54) is 10.9 Å². The molecule has 0 aliphatic carbocycles. The maximum atomic E-state index is 10.3. The highest BCUT2D eigenvalue weighted by molar-refractivity contribution is 5.75. The Balaban J connectivity index is 3.29. The van der Waals surface area contributed by atoms with Crippen molar-refractivity contribution in [2.45, 2.75) is 0 Å². The van der Waals surface area contributed by atoms with Crippen LogP contribution < -0.4 is 0 Å². The van der Waals surface area contributed by atoms with Crippen molar-refractivity contribution >= 4 is 6.29 Å². The normalized spacial score (nSPS) is 8.80. The first-order chi connectivity index (χ1) is 4.79. The number of aryl methyl sites for hydroxylation is 1. The maximum absolute atomic E-state index is 10.3. The van der Waals surface area contributed by atoms with Gasteiger partial charge in [-0.2, -0.15) is 5.26 Å². The molecule has 0 amide bonds.